The van der Waals surface area contributed by atoms with Crippen LogP contribution in [0.3, 0.4) is 0 Å². The number of ether oxygens (including phenoxy) is 1. The molecule has 0 atom stereocenters. The zero-order valence-electron chi connectivity index (χ0n) is 13.6. The summed E-state index contributed by atoms with van der Waals surface area (Å²) < 4.78 is 5.13. The predicted octanol–water partition coefficient (Wildman–Crippen LogP) is 4.70. The molecule has 0 aliphatic heterocycles. The molecule has 1 aromatic heterocycles. The molecule has 2 aromatic carbocycles. The molecule has 116 valence electrons. The summed E-state index contributed by atoms with van der Waals surface area (Å²) in [6.07, 6.45) is 0. The average molecular weight is 305 g/mol. The molecule has 0 aliphatic rings. The molecule has 0 saturated heterocycles. The van der Waals surface area contributed by atoms with Gasteiger partial charge in [0, 0.05) is 5.39 Å². The first-order valence-corrected chi connectivity index (χ1v) is 7.74. The maximum Gasteiger partial charge on any atom is 0.356 e. The third kappa shape index (κ3) is 2.95. The van der Waals surface area contributed by atoms with Crippen LogP contribution in [0.4, 0.5) is 0 Å². The number of fused-ring (bicyclic) bond motifs is 1. The highest BCUT2D eigenvalue weighted by molar-refractivity contribution is 6.01. The van der Waals surface area contributed by atoms with Gasteiger partial charge in [-0.2, -0.15) is 0 Å². The van der Waals surface area contributed by atoms with Crippen LogP contribution >= 0.6 is 0 Å². The van der Waals surface area contributed by atoms with Crippen LogP contribution in [-0.2, 0) is 4.74 Å². The largest absolute Gasteiger partial charge is 0.461 e. The minimum Gasteiger partial charge on any atom is -0.461 e. The van der Waals surface area contributed by atoms with Crippen molar-refractivity contribution in [3.8, 4) is 11.1 Å². The van der Waals surface area contributed by atoms with E-state index in [1.54, 1.807) is 6.92 Å². The summed E-state index contributed by atoms with van der Waals surface area (Å²) in [5.41, 5.74) is 5.54. The van der Waals surface area contributed by atoms with Crippen molar-refractivity contribution < 1.29 is 9.53 Å². The molecule has 0 unspecified atom stereocenters. The monoisotopic (exact) mass is 305 g/mol. The van der Waals surface area contributed by atoms with E-state index in [1.807, 2.05) is 49.4 Å². The van der Waals surface area contributed by atoms with Crippen LogP contribution in [0.2, 0.25) is 0 Å². The number of benzene rings is 2. The fraction of sp³-hybridized carbons (Fsp3) is 0.200. The first kappa shape index (κ1) is 15.2. The average Bonchev–Trinajstić information content (AvgIpc) is 2.54. The Balaban J connectivity index is 2.33. The van der Waals surface area contributed by atoms with E-state index in [2.05, 4.69) is 18.0 Å². The van der Waals surface area contributed by atoms with Crippen LogP contribution in [0.1, 0.15) is 28.5 Å². The molecule has 3 aromatic rings. The molecule has 0 radical (unpaired) electrons. The standard InChI is InChI=1S/C20H19NO2/c1-4-23-20(22)18-12-16(15-8-6-5-7-9-15)19-14(3)10-13(2)11-17(19)21-18/h5-12H,4H2,1-3H3. The molecule has 0 N–H and O–H groups in total. The zero-order chi connectivity index (χ0) is 16.4. The van der Waals surface area contributed by atoms with Crippen molar-refractivity contribution >= 4 is 16.9 Å². The smallest absolute Gasteiger partial charge is 0.356 e. The Morgan fingerprint density at radius 1 is 1.09 bits per heavy atom. The molecule has 0 saturated carbocycles. The molecular formula is C20H19NO2. The number of hydrogen-bond acceptors (Lipinski definition) is 3. The maximum atomic E-state index is 12.2. The number of carbonyl (C=O) groups is 1. The predicted molar refractivity (Wildman–Crippen MR) is 92.6 cm³/mol. The van der Waals surface area contributed by atoms with Crippen molar-refractivity contribution in [1.29, 1.82) is 0 Å². The quantitative estimate of drug-likeness (QED) is 0.659. The summed E-state index contributed by atoms with van der Waals surface area (Å²) >= 11 is 0. The number of rotatable bonds is 3. The minimum absolute atomic E-state index is 0.339. The summed E-state index contributed by atoms with van der Waals surface area (Å²) in [5, 5.41) is 1.08. The zero-order valence-corrected chi connectivity index (χ0v) is 13.6. The van der Waals surface area contributed by atoms with Crippen molar-refractivity contribution in [2.75, 3.05) is 6.61 Å². The van der Waals surface area contributed by atoms with E-state index >= 15 is 0 Å². The lowest BCUT2D eigenvalue weighted by Gasteiger charge is -2.12. The van der Waals surface area contributed by atoms with Gasteiger partial charge in [0.2, 0.25) is 0 Å². The highest BCUT2D eigenvalue weighted by atomic mass is 16.5. The van der Waals surface area contributed by atoms with Crippen LogP contribution in [0.5, 0.6) is 0 Å². The number of aryl methyl sites for hydroxylation is 2. The highest BCUT2D eigenvalue weighted by Gasteiger charge is 2.15. The fourth-order valence-electron chi connectivity index (χ4n) is 2.91. The van der Waals surface area contributed by atoms with Crippen molar-refractivity contribution in [2.45, 2.75) is 20.8 Å². The number of aromatic nitrogens is 1. The van der Waals surface area contributed by atoms with Crippen molar-refractivity contribution in [1.82, 2.24) is 4.98 Å². The SMILES string of the molecule is CCOC(=O)c1cc(-c2ccccc2)c2c(C)cc(C)cc2n1. The third-order valence-electron chi connectivity index (χ3n) is 3.82. The summed E-state index contributed by atoms with van der Waals surface area (Å²) in [6.45, 7) is 6.25. The van der Waals surface area contributed by atoms with Gasteiger partial charge in [0.25, 0.3) is 0 Å². The van der Waals surface area contributed by atoms with E-state index in [9.17, 15) is 4.79 Å². The Labute approximate surface area is 135 Å². The van der Waals surface area contributed by atoms with E-state index in [0.717, 1.165) is 33.2 Å². The molecule has 3 heteroatoms. The Morgan fingerprint density at radius 3 is 2.52 bits per heavy atom. The van der Waals surface area contributed by atoms with E-state index in [1.165, 1.54) is 0 Å². The van der Waals surface area contributed by atoms with Gasteiger partial charge in [0.1, 0.15) is 5.69 Å². The Bertz CT molecular complexity index is 870. The highest BCUT2D eigenvalue weighted by Crippen LogP contribution is 2.32. The third-order valence-corrected chi connectivity index (χ3v) is 3.82. The van der Waals surface area contributed by atoms with E-state index in [4.69, 9.17) is 4.74 Å². The molecule has 0 bridgehead atoms. The van der Waals surface area contributed by atoms with Crippen molar-refractivity contribution in [2.24, 2.45) is 0 Å². The molecule has 1 heterocycles. The van der Waals surface area contributed by atoms with Gasteiger partial charge in [-0.05, 0) is 55.2 Å². The molecule has 0 aliphatic carbocycles. The lowest BCUT2D eigenvalue weighted by molar-refractivity contribution is 0.0520. The molecule has 0 spiro atoms. The summed E-state index contributed by atoms with van der Waals surface area (Å²) in [7, 11) is 0. The summed E-state index contributed by atoms with van der Waals surface area (Å²) in [6, 6.07) is 16.0. The van der Waals surface area contributed by atoms with Gasteiger partial charge in [-0.1, -0.05) is 36.4 Å². The molecule has 0 amide bonds. The molecule has 23 heavy (non-hydrogen) atoms. The Hall–Kier alpha value is -2.68. The number of hydrogen-bond donors (Lipinski definition) is 0. The van der Waals surface area contributed by atoms with Crippen molar-refractivity contribution in [3.63, 3.8) is 0 Å². The molecule has 3 nitrogen and oxygen atoms in total. The van der Waals surface area contributed by atoms with Crippen LogP contribution in [0, 0.1) is 13.8 Å². The lowest BCUT2D eigenvalue weighted by Crippen LogP contribution is -2.08. The second kappa shape index (κ2) is 6.21. The Morgan fingerprint density at radius 2 is 1.83 bits per heavy atom. The number of carbonyl (C=O) groups excluding carboxylic acids is 1. The van der Waals surface area contributed by atoms with E-state index < -0.39 is 0 Å². The van der Waals surface area contributed by atoms with Gasteiger partial charge in [-0.25, -0.2) is 9.78 Å². The van der Waals surface area contributed by atoms with Crippen molar-refractivity contribution in [3.05, 3.63) is 65.4 Å². The molecular weight excluding hydrogens is 286 g/mol. The molecule has 0 fully saturated rings. The van der Waals surface area contributed by atoms with Gasteiger partial charge in [-0.3, -0.25) is 0 Å². The second-order valence-corrected chi connectivity index (χ2v) is 5.62. The van der Waals surface area contributed by atoms with Crippen LogP contribution in [0.15, 0.2) is 48.5 Å². The summed E-state index contributed by atoms with van der Waals surface area (Å²) in [4.78, 5) is 16.7. The van der Waals surface area contributed by atoms with Crippen LogP contribution in [-0.4, -0.2) is 17.6 Å². The van der Waals surface area contributed by atoms with Gasteiger partial charge >= 0.3 is 5.97 Å². The van der Waals surface area contributed by atoms with Crippen LogP contribution < -0.4 is 0 Å². The van der Waals surface area contributed by atoms with Crippen LogP contribution in [0.25, 0.3) is 22.0 Å². The Kier molecular flexibility index (Phi) is 4.11. The number of nitrogens with zero attached hydrogens (tertiary/aromatic N) is 1. The summed E-state index contributed by atoms with van der Waals surface area (Å²) in [5.74, 6) is -0.384. The maximum absolute atomic E-state index is 12.2. The van der Waals surface area contributed by atoms with Gasteiger partial charge in [0.15, 0.2) is 0 Å². The van der Waals surface area contributed by atoms with Gasteiger partial charge in [0.05, 0.1) is 12.1 Å². The number of pyridine rings is 1. The first-order valence-electron chi connectivity index (χ1n) is 7.74. The van der Waals surface area contributed by atoms with E-state index in [-0.39, 0.29) is 5.97 Å². The van der Waals surface area contributed by atoms with Gasteiger partial charge < -0.3 is 4.74 Å². The minimum atomic E-state index is -0.384. The second-order valence-electron chi connectivity index (χ2n) is 5.62. The topological polar surface area (TPSA) is 39.2 Å². The number of esters is 1. The first-order chi connectivity index (χ1) is 11.1. The normalized spacial score (nSPS) is 10.7. The fourth-order valence-corrected chi connectivity index (χ4v) is 2.91. The van der Waals surface area contributed by atoms with E-state index in [0.29, 0.717) is 12.3 Å². The molecule has 3 rings (SSSR count). The lowest BCUT2D eigenvalue weighted by atomic mass is 9.96. The van der Waals surface area contributed by atoms with Gasteiger partial charge in [-0.15, -0.1) is 0 Å².